The Morgan fingerprint density at radius 3 is 2.60 bits per heavy atom. The Hall–Kier alpha value is -1.10. The van der Waals surface area contributed by atoms with Gasteiger partial charge < -0.3 is 15.3 Å². The minimum Gasteiger partial charge on any atom is -0.480 e. The predicted octanol–water partition coefficient (Wildman–Crippen LogP) is 1.48. The molecule has 3 unspecified atom stereocenters. The van der Waals surface area contributed by atoms with E-state index in [-0.39, 0.29) is 23.3 Å². The highest BCUT2D eigenvalue weighted by Crippen LogP contribution is 2.33. The van der Waals surface area contributed by atoms with Gasteiger partial charge in [-0.15, -0.1) is 0 Å². The summed E-state index contributed by atoms with van der Waals surface area (Å²) in [5.74, 6) is -0.885. The molecule has 0 aliphatic carbocycles. The van der Waals surface area contributed by atoms with Gasteiger partial charge in [0.1, 0.15) is 6.04 Å². The maximum Gasteiger partial charge on any atom is 0.326 e. The number of hydrogen-bond acceptors (Lipinski definition) is 3. The lowest BCUT2D eigenvalue weighted by molar-refractivity contribution is -0.157. The summed E-state index contributed by atoms with van der Waals surface area (Å²) in [6.07, 6.45) is 3.83. The van der Waals surface area contributed by atoms with Gasteiger partial charge in [-0.05, 0) is 43.6 Å². The molecule has 2 rings (SSSR count). The van der Waals surface area contributed by atoms with Crippen LogP contribution in [0, 0.1) is 11.3 Å². The second kappa shape index (κ2) is 5.72. The molecule has 5 heteroatoms. The SMILES string of the molecule is CC1CCCN(C(=O)C2NCCCC2(C)C)C1C(=O)O. The van der Waals surface area contributed by atoms with Crippen LogP contribution in [0.5, 0.6) is 0 Å². The molecule has 2 fully saturated rings. The molecule has 0 aromatic heterocycles. The van der Waals surface area contributed by atoms with Gasteiger partial charge in [0.15, 0.2) is 0 Å². The number of carbonyl (C=O) groups is 2. The lowest BCUT2D eigenvalue weighted by atomic mass is 9.76. The molecule has 3 atom stereocenters. The van der Waals surface area contributed by atoms with Crippen LogP contribution in [0.4, 0.5) is 0 Å². The zero-order valence-corrected chi connectivity index (χ0v) is 12.7. The minimum absolute atomic E-state index is 0.0249. The van der Waals surface area contributed by atoms with Crippen LogP contribution in [-0.4, -0.2) is 47.1 Å². The third-order valence-corrected chi connectivity index (χ3v) is 4.84. The standard InChI is InChI=1S/C15H26N2O3/c1-10-6-4-9-17(11(10)14(19)20)13(18)12-15(2,3)7-5-8-16-12/h10-12,16H,4-9H2,1-3H3,(H,19,20). The summed E-state index contributed by atoms with van der Waals surface area (Å²) in [6, 6.07) is -0.931. The van der Waals surface area contributed by atoms with E-state index in [2.05, 4.69) is 19.2 Å². The fourth-order valence-electron chi connectivity index (χ4n) is 3.61. The quantitative estimate of drug-likeness (QED) is 0.805. The third kappa shape index (κ3) is 2.82. The summed E-state index contributed by atoms with van der Waals surface area (Å²) in [4.78, 5) is 25.9. The number of piperidine rings is 2. The average molecular weight is 282 g/mol. The molecule has 2 aliphatic rings. The van der Waals surface area contributed by atoms with Crippen molar-refractivity contribution in [1.29, 1.82) is 0 Å². The van der Waals surface area contributed by atoms with Gasteiger partial charge in [0.05, 0.1) is 6.04 Å². The first-order valence-electron chi connectivity index (χ1n) is 7.61. The normalized spacial score (nSPS) is 33.8. The number of rotatable bonds is 2. The minimum atomic E-state index is -0.876. The number of aliphatic carboxylic acids is 1. The molecule has 0 radical (unpaired) electrons. The van der Waals surface area contributed by atoms with Gasteiger partial charge in [-0.2, -0.15) is 0 Å². The molecule has 114 valence electrons. The number of carbonyl (C=O) groups excluding carboxylic acids is 1. The van der Waals surface area contributed by atoms with Crippen molar-refractivity contribution < 1.29 is 14.7 Å². The van der Waals surface area contributed by atoms with Gasteiger partial charge in [0, 0.05) is 6.54 Å². The van der Waals surface area contributed by atoms with Gasteiger partial charge >= 0.3 is 5.97 Å². The van der Waals surface area contributed by atoms with Crippen LogP contribution in [0.15, 0.2) is 0 Å². The number of nitrogens with one attached hydrogen (secondary N) is 1. The Labute approximate surface area is 120 Å². The van der Waals surface area contributed by atoms with E-state index in [4.69, 9.17) is 0 Å². The van der Waals surface area contributed by atoms with Crippen LogP contribution in [0.25, 0.3) is 0 Å². The van der Waals surface area contributed by atoms with Crippen molar-refractivity contribution in [3.05, 3.63) is 0 Å². The summed E-state index contributed by atoms with van der Waals surface area (Å²) in [7, 11) is 0. The number of carboxylic acid groups (broad SMARTS) is 1. The van der Waals surface area contributed by atoms with E-state index in [1.54, 1.807) is 4.90 Å². The summed E-state index contributed by atoms with van der Waals surface area (Å²) in [5.41, 5.74) is -0.112. The Bertz CT molecular complexity index is 395. The lowest BCUT2D eigenvalue weighted by Gasteiger charge is -2.44. The second-order valence-electron chi connectivity index (χ2n) is 6.91. The molecule has 2 aliphatic heterocycles. The maximum atomic E-state index is 12.8. The monoisotopic (exact) mass is 282 g/mol. The molecule has 5 nitrogen and oxygen atoms in total. The Balaban J connectivity index is 2.19. The van der Waals surface area contributed by atoms with E-state index in [0.717, 1.165) is 32.2 Å². The number of carboxylic acids is 1. The number of likely N-dealkylation sites (tertiary alicyclic amines) is 1. The molecule has 2 heterocycles. The molecule has 0 saturated carbocycles. The van der Waals surface area contributed by atoms with Gasteiger partial charge in [0.25, 0.3) is 0 Å². The van der Waals surface area contributed by atoms with E-state index in [9.17, 15) is 14.7 Å². The van der Waals surface area contributed by atoms with Gasteiger partial charge in [-0.1, -0.05) is 20.8 Å². The Morgan fingerprint density at radius 2 is 2.00 bits per heavy atom. The van der Waals surface area contributed by atoms with Crippen LogP contribution in [0.3, 0.4) is 0 Å². The number of amides is 1. The predicted molar refractivity (Wildman–Crippen MR) is 76.3 cm³/mol. The van der Waals surface area contributed by atoms with Gasteiger partial charge in [-0.3, -0.25) is 4.79 Å². The molecule has 2 N–H and O–H groups in total. The molecular formula is C15H26N2O3. The molecule has 0 spiro atoms. The zero-order chi connectivity index (χ0) is 14.9. The largest absolute Gasteiger partial charge is 0.480 e. The molecule has 2 saturated heterocycles. The van der Waals surface area contributed by atoms with E-state index in [1.165, 1.54) is 0 Å². The first-order valence-corrected chi connectivity index (χ1v) is 7.61. The molecule has 1 amide bonds. The van der Waals surface area contributed by atoms with E-state index < -0.39 is 12.0 Å². The fourth-order valence-corrected chi connectivity index (χ4v) is 3.61. The van der Waals surface area contributed by atoms with Crippen molar-refractivity contribution in [3.8, 4) is 0 Å². The highest BCUT2D eigenvalue weighted by molar-refractivity contribution is 5.88. The van der Waals surface area contributed by atoms with Crippen molar-refractivity contribution in [2.45, 2.75) is 58.5 Å². The summed E-state index contributed by atoms with van der Waals surface area (Å²) >= 11 is 0. The Morgan fingerprint density at radius 1 is 1.30 bits per heavy atom. The summed E-state index contributed by atoms with van der Waals surface area (Å²) < 4.78 is 0. The van der Waals surface area contributed by atoms with Crippen molar-refractivity contribution in [1.82, 2.24) is 10.2 Å². The average Bonchev–Trinajstić information content (AvgIpc) is 2.36. The van der Waals surface area contributed by atoms with Crippen LogP contribution < -0.4 is 5.32 Å². The van der Waals surface area contributed by atoms with Gasteiger partial charge in [-0.25, -0.2) is 4.79 Å². The van der Waals surface area contributed by atoms with Gasteiger partial charge in [0.2, 0.25) is 5.91 Å². The fraction of sp³-hybridized carbons (Fsp3) is 0.867. The molecule has 0 aromatic carbocycles. The van der Waals surface area contributed by atoms with Crippen LogP contribution in [0.1, 0.15) is 46.5 Å². The summed E-state index contributed by atoms with van der Waals surface area (Å²) in [6.45, 7) is 7.50. The highest BCUT2D eigenvalue weighted by atomic mass is 16.4. The molecule has 0 bridgehead atoms. The molecule has 0 aromatic rings. The van der Waals surface area contributed by atoms with Crippen LogP contribution >= 0.6 is 0 Å². The van der Waals surface area contributed by atoms with Crippen LogP contribution in [-0.2, 0) is 9.59 Å². The first-order chi connectivity index (χ1) is 9.34. The smallest absolute Gasteiger partial charge is 0.326 e. The number of nitrogens with zero attached hydrogens (tertiary/aromatic N) is 1. The van der Waals surface area contributed by atoms with Crippen molar-refractivity contribution in [2.75, 3.05) is 13.1 Å². The Kier molecular flexibility index (Phi) is 4.37. The van der Waals surface area contributed by atoms with E-state index >= 15 is 0 Å². The third-order valence-electron chi connectivity index (χ3n) is 4.84. The maximum absolute atomic E-state index is 12.8. The van der Waals surface area contributed by atoms with Crippen molar-refractivity contribution >= 4 is 11.9 Å². The number of hydrogen-bond donors (Lipinski definition) is 2. The van der Waals surface area contributed by atoms with E-state index in [0.29, 0.717) is 6.54 Å². The first kappa shape index (κ1) is 15.3. The van der Waals surface area contributed by atoms with E-state index in [1.807, 2.05) is 6.92 Å². The lowest BCUT2D eigenvalue weighted by Crippen LogP contribution is -2.61. The zero-order valence-electron chi connectivity index (χ0n) is 12.7. The van der Waals surface area contributed by atoms with Crippen LogP contribution in [0.2, 0.25) is 0 Å². The second-order valence-corrected chi connectivity index (χ2v) is 6.91. The van der Waals surface area contributed by atoms with Crippen molar-refractivity contribution in [2.24, 2.45) is 11.3 Å². The van der Waals surface area contributed by atoms with Crippen molar-refractivity contribution in [3.63, 3.8) is 0 Å². The topological polar surface area (TPSA) is 69.6 Å². The molecule has 20 heavy (non-hydrogen) atoms. The highest BCUT2D eigenvalue weighted by Gasteiger charge is 2.44. The summed E-state index contributed by atoms with van der Waals surface area (Å²) in [5, 5.41) is 12.7. The molecular weight excluding hydrogens is 256 g/mol.